The molecule has 0 unspecified atom stereocenters. The third kappa shape index (κ3) is 5.30. The predicted octanol–water partition coefficient (Wildman–Crippen LogP) is 2.54. The van der Waals surface area contributed by atoms with Gasteiger partial charge in [0.05, 0.1) is 25.3 Å². The topological polar surface area (TPSA) is 59.5 Å². The van der Waals surface area contributed by atoms with E-state index in [1.165, 1.54) is 12.0 Å². The fourth-order valence-electron chi connectivity index (χ4n) is 1.79. The van der Waals surface area contributed by atoms with Crippen LogP contribution in [-0.2, 0) is 9.53 Å². The summed E-state index contributed by atoms with van der Waals surface area (Å²) in [6.45, 7) is 4.47. The highest BCUT2D eigenvalue weighted by molar-refractivity contribution is 6.32. The molecule has 1 heterocycles. The summed E-state index contributed by atoms with van der Waals surface area (Å²) in [6.07, 6.45) is 1.01. The van der Waals surface area contributed by atoms with Crippen LogP contribution in [0.4, 0.5) is 4.39 Å². The molecule has 21 heavy (non-hydrogen) atoms. The zero-order valence-corrected chi connectivity index (χ0v) is 13.0. The largest absolute Gasteiger partial charge is 0.469 e. The van der Waals surface area contributed by atoms with Crippen molar-refractivity contribution >= 4 is 23.5 Å². The molecule has 5 nitrogen and oxygen atoms in total. The van der Waals surface area contributed by atoms with Crippen LogP contribution in [0.15, 0.2) is 12.3 Å². The maximum absolute atomic E-state index is 13.2. The lowest BCUT2D eigenvalue weighted by Gasteiger charge is -2.24. The second kappa shape index (κ2) is 7.93. The molecule has 0 atom stereocenters. The summed E-state index contributed by atoms with van der Waals surface area (Å²) in [6, 6.07) is 1.04. The van der Waals surface area contributed by atoms with Crippen molar-refractivity contribution in [3.8, 4) is 0 Å². The van der Waals surface area contributed by atoms with Crippen molar-refractivity contribution in [3.05, 3.63) is 28.8 Å². The van der Waals surface area contributed by atoms with E-state index >= 15 is 0 Å². The lowest BCUT2D eigenvalue weighted by atomic mass is 10.1. The first-order chi connectivity index (χ1) is 9.85. The van der Waals surface area contributed by atoms with E-state index in [4.69, 9.17) is 11.6 Å². The minimum Gasteiger partial charge on any atom is -0.469 e. The summed E-state index contributed by atoms with van der Waals surface area (Å²) >= 11 is 5.84. The first-order valence-corrected chi connectivity index (χ1v) is 6.90. The summed E-state index contributed by atoms with van der Waals surface area (Å²) in [7, 11) is 1.28. The molecular formula is C14H18ClFN2O3. The molecular weight excluding hydrogens is 299 g/mol. The summed E-state index contributed by atoms with van der Waals surface area (Å²) in [5, 5.41) is -0.0618. The van der Waals surface area contributed by atoms with Crippen molar-refractivity contribution < 1.29 is 18.7 Å². The number of aromatic nitrogens is 1. The highest BCUT2D eigenvalue weighted by atomic mass is 35.5. The Bertz CT molecular complexity index is 523. The smallest absolute Gasteiger partial charge is 0.307 e. The highest BCUT2D eigenvalue weighted by Gasteiger charge is 2.21. The van der Waals surface area contributed by atoms with Gasteiger partial charge in [-0.2, -0.15) is 0 Å². The van der Waals surface area contributed by atoms with E-state index in [9.17, 15) is 14.0 Å². The van der Waals surface area contributed by atoms with Crippen LogP contribution in [0, 0.1) is 11.7 Å². The van der Waals surface area contributed by atoms with Gasteiger partial charge in [-0.15, -0.1) is 0 Å². The van der Waals surface area contributed by atoms with Gasteiger partial charge in [-0.1, -0.05) is 25.4 Å². The van der Waals surface area contributed by atoms with Crippen LogP contribution in [0.2, 0.25) is 5.15 Å². The van der Waals surface area contributed by atoms with Crippen LogP contribution < -0.4 is 0 Å². The molecule has 1 aromatic rings. The lowest BCUT2D eigenvalue weighted by Crippen LogP contribution is -2.36. The third-order valence-corrected chi connectivity index (χ3v) is 3.02. The number of nitrogens with zero attached hydrogens (tertiary/aromatic N) is 2. The van der Waals surface area contributed by atoms with E-state index in [0.29, 0.717) is 6.54 Å². The van der Waals surface area contributed by atoms with Crippen molar-refractivity contribution in [3.63, 3.8) is 0 Å². The number of pyridine rings is 1. The molecule has 0 aliphatic carbocycles. The Balaban J connectivity index is 2.93. The Morgan fingerprint density at radius 2 is 2.14 bits per heavy atom. The average Bonchev–Trinajstić information content (AvgIpc) is 2.44. The molecule has 0 N–H and O–H groups in total. The SMILES string of the molecule is COC(=O)CCN(CC(C)C)C(=O)c1cc(F)cnc1Cl. The van der Waals surface area contributed by atoms with Gasteiger partial charge in [0.15, 0.2) is 0 Å². The minimum absolute atomic E-state index is 0.0119. The van der Waals surface area contributed by atoms with Crippen molar-refractivity contribution in [1.82, 2.24) is 9.88 Å². The number of carbonyl (C=O) groups excluding carboxylic acids is 2. The van der Waals surface area contributed by atoms with Gasteiger partial charge < -0.3 is 9.64 Å². The fourth-order valence-corrected chi connectivity index (χ4v) is 1.97. The van der Waals surface area contributed by atoms with Gasteiger partial charge in [-0.25, -0.2) is 9.37 Å². The second-order valence-electron chi connectivity index (χ2n) is 4.96. The molecule has 7 heteroatoms. The van der Waals surface area contributed by atoms with Crippen molar-refractivity contribution in [2.24, 2.45) is 5.92 Å². The van der Waals surface area contributed by atoms with Crippen LogP contribution in [0.1, 0.15) is 30.6 Å². The number of methoxy groups -OCH3 is 1. The quantitative estimate of drug-likeness (QED) is 0.598. The zero-order chi connectivity index (χ0) is 16.0. The van der Waals surface area contributed by atoms with E-state index < -0.39 is 17.7 Å². The molecule has 1 aromatic heterocycles. The number of esters is 1. The molecule has 1 rings (SSSR count). The first-order valence-electron chi connectivity index (χ1n) is 6.52. The summed E-state index contributed by atoms with van der Waals surface area (Å²) in [5.74, 6) is -1.32. The second-order valence-corrected chi connectivity index (χ2v) is 5.32. The van der Waals surface area contributed by atoms with E-state index in [1.807, 2.05) is 13.8 Å². The Morgan fingerprint density at radius 3 is 2.71 bits per heavy atom. The Hall–Kier alpha value is -1.69. The van der Waals surface area contributed by atoms with E-state index in [0.717, 1.165) is 12.3 Å². The highest BCUT2D eigenvalue weighted by Crippen LogP contribution is 2.17. The number of carbonyl (C=O) groups is 2. The van der Waals surface area contributed by atoms with Crippen molar-refractivity contribution in [2.45, 2.75) is 20.3 Å². The summed E-state index contributed by atoms with van der Waals surface area (Å²) in [5.41, 5.74) is -0.0119. The molecule has 0 radical (unpaired) electrons. The van der Waals surface area contributed by atoms with E-state index in [1.54, 1.807) is 0 Å². The first kappa shape index (κ1) is 17.4. The van der Waals surface area contributed by atoms with Crippen LogP contribution in [-0.4, -0.2) is 42.0 Å². The van der Waals surface area contributed by atoms with Crippen LogP contribution in [0.25, 0.3) is 0 Å². The average molecular weight is 317 g/mol. The molecule has 0 bridgehead atoms. The van der Waals surface area contributed by atoms with Crippen LogP contribution in [0.3, 0.4) is 0 Å². The van der Waals surface area contributed by atoms with E-state index in [-0.39, 0.29) is 29.6 Å². The molecule has 0 spiro atoms. The maximum Gasteiger partial charge on any atom is 0.307 e. The van der Waals surface area contributed by atoms with Gasteiger partial charge in [0.1, 0.15) is 11.0 Å². The molecule has 0 saturated carbocycles. The number of hydrogen-bond acceptors (Lipinski definition) is 4. The molecule has 0 fully saturated rings. The number of amides is 1. The third-order valence-electron chi connectivity index (χ3n) is 2.72. The zero-order valence-electron chi connectivity index (χ0n) is 12.2. The predicted molar refractivity (Wildman–Crippen MR) is 76.6 cm³/mol. The van der Waals surface area contributed by atoms with Gasteiger partial charge in [-0.3, -0.25) is 9.59 Å². The maximum atomic E-state index is 13.2. The van der Waals surface area contributed by atoms with Crippen LogP contribution >= 0.6 is 11.6 Å². The molecule has 0 saturated heterocycles. The van der Waals surface area contributed by atoms with Crippen molar-refractivity contribution in [1.29, 1.82) is 0 Å². The molecule has 116 valence electrons. The number of ether oxygens (including phenoxy) is 1. The Morgan fingerprint density at radius 1 is 1.48 bits per heavy atom. The summed E-state index contributed by atoms with van der Waals surface area (Å²) in [4.78, 5) is 28.7. The monoisotopic (exact) mass is 316 g/mol. The van der Waals surface area contributed by atoms with E-state index in [2.05, 4.69) is 9.72 Å². The lowest BCUT2D eigenvalue weighted by molar-refractivity contribution is -0.140. The molecule has 0 aliphatic heterocycles. The minimum atomic E-state index is -0.639. The number of hydrogen-bond donors (Lipinski definition) is 0. The van der Waals surface area contributed by atoms with Gasteiger partial charge in [-0.05, 0) is 12.0 Å². The Labute approximate surface area is 128 Å². The molecule has 1 amide bonds. The Kier molecular flexibility index (Phi) is 6.55. The van der Waals surface area contributed by atoms with Gasteiger partial charge in [0.25, 0.3) is 5.91 Å². The van der Waals surface area contributed by atoms with Crippen LogP contribution in [0.5, 0.6) is 0 Å². The molecule has 0 aromatic carbocycles. The summed E-state index contributed by atoms with van der Waals surface area (Å²) < 4.78 is 17.8. The van der Waals surface area contributed by atoms with Gasteiger partial charge >= 0.3 is 5.97 Å². The number of halogens is 2. The normalized spacial score (nSPS) is 10.6. The van der Waals surface area contributed by atoms with Gasteiger partial charge in [0, 0.05) is 13.1 Å². The fraction of sp³-hybridized carbons (Fsp3) is 0.500. The number of rotatable bonds is 6. The van der Waals surface area contributed by atoms with Crippen molar-refractivity contribution in [2.75, 3.05) is 20.2 Å². The van der Waals surface area contributed by atoms with Gasteiger partial charge in [0.2, 0.25) is 0 Å². The molecule has 0 aliphatic rings. The standard InChI is InChI=1S/C14H18ClFN2O3/c1-9(2)8-18(5-4-12(19)21-3)14(20)11-6-10(16)7-17-13(11)15/h6-7,9H,4-5,8H2,1-3H3.